The lowest BCUT2D eigenvalue weighted by Gasteiger charge is -2.30. The fraction of sp³-hybridized carbons (Fsp3) is 0.361. The smallest absolute Gasteiger partial charge is 0.338 e. The van der Waals surface area contributed by atoms with Crippen LogP contribution in [0.4, 0.5) is 5.95 Å². The second-order valence-electron chi connectivity index (χ2n) is 11.6. The molecule has 0 amide bonds. The molecule has 1 unspecified atom stereocenters. The summed E-state index contributed by atoms with van der Waals surface area (Å²) in [4.78, 5) is 18.8. The van der Waals surface area contributed by atoms with E-state index in [1.165, 1.54) is 12.0 Å². The summed E-state index contributed by atoms with van der Waals surface area (Å²) < 4.78 is 21.1. The van der Waals surface area contributed by atoms with Crippen LogP contribution >= 0.6 is 27.7 Å². The number of ether oxygens (including phenoxy) is 3. The Kier molecular flexibility index (Phi) is 10.3. The standard InChI is InChI=1S/C36H39BrN4O4S/c1-4-43-30-20-27(19-29(37)33(30)44-21-26-16-12-11-13-23(26)2)32-31(34(42)45-28-17-9-6-10-18-28)24(3)38-35-39-36(40-41(32)35)46-22-25-14-7-5-8-15-25/h5,7-8,11-16,19-20,28,32H,4,6,9-10,17-18,21-22H2,1-3H3,(H,38,39,40). The Morgan fingerprint density at radius 3 is 2.54 bits per heavy atom. The summed E-state index contributed by atoms with van der Waals surface area (Å²) >= 11 is 5.33. The second-order valence-corrected chi connectivity index (χ2v) is 13.4. The molecular weight excluding hydrogens is 664 g/mol. The van der Waals surface area contributed by atoms with Crippen LogP contribution in [0.15, 0.2) is 87.6 Å². The van der Waals surface area contributed by atoms with Crippen molar-refractivity contribution in [2.75, 3.05) is 11.9 Å². The number of carbonyl (C=O) groups excluding carboxylic acids is 1. The van der Waals surface area contributed by atoms with Crippen molar-refractivity contribution in [3.63, 3.8) is 0 Å². The average molecular weight is 704 g/mol. The molecule has 1 aromatic heterocycles. The number of nitrogens with zero attached hydrogens (tertiary/aromatic N) is 3. The highest BCUT2D eigenvalue weighted by Gasteiger charge is 2.37. The van der Waals surface area contributed by atoms with Crippen LogP contribution in [-0.2, 0) is 21.9 Å². The fourth-order valence-electron chi connectivity index (χ4n) is 5.96. The first-order valence-corrected chi connectivity index (χ1v) is 17.6. The first-order valence-electron chi connectivity index (χ1n) is 15.9. The molecule has 1 atom stereocenters. The van der Waals surface area contributed by atoms with Crippen LogP contribution in [-0.4, -0.2) is 33.4 Å². The highest BCUT2D eigenvalue weighted by molar-refractivity contribution is 9.10. The zero-order valence-corrected chi connectivity index (χ0v) is 28.8. The van der Waals surface area contributed by atoms with Crippen molar-refractivity contribution in [2.24, 2.45) is 0 Å². The van der Waals surface area contributed by atoms with Crippen molar-refractivity contribution < 1.29 is 19.0 Å². The van der Waals surface area contributed by atoms with Gasteiger partial charge in [-0.2, -0.15) is 4.98 Å². The summed E-state index contributed by atoms with van der Waals surface area (Å²) in [5.41, 5.74) is 5.44. The molecule has 1 saturated carbocycles. The summed E-state index contributed by atoms with van der Waals surface area (Å²) in [7, 11) is 0. The molecule has 1 N–H and O–H groups in total. The lowest BCUT2D eigenvalue weighted by Crippen LogP contribution is -2.32. The minimum absolute atomic E-state index is 0.0840. The Labute approximate surface area is 283 Å². The maximum Gasteiger partial charge on any atom is 0.338 e. The van der Waals surface area contributed by atoms with E-state index in [0.717, 1.165) is 52.6 Å². The summed E-state index contributed by atoms with van der Waals surface area (Å²) in [5.74, 6) is 2.15. The average Bonchev–Trinajstić information content (AvgIpc) is 3.46. The molecule has 3 aromatic carbocycles. The van der Waals surface area contributed by atoms with E-state index < -0.39 is 6.04 Å². The summed E-state index contributed by atoms with van der Waals surface area (Å²) in [5, 5.41) is 8.89. The second kappa shape index (κ2) is 14.8. The van der Waals surface area contributed by atoms with E-state index in [2.05, 4.69) is 52.4 Å². The number of thioether (sulfide) groups is 1. The molecule has 6 rings (SSSR count). The van der Waals surface area contributed by atoms with Crippen LogP contribution in [0.25, 0.3) is 0 Å². The van der Waals surface area contributed by atoms with Crippen molar-refractivity contribution in [3.05, 3.63) is 105 Å². The van der Waals surface area contributed by atoms with E-state index in [9.17, 15) is 4.79 Å². The van der Waals surface area contributed by atoms with Gasteiger partial charge in [-0.05, 0) is 96.8 Å². The molecular formula is C36H39BrN4O4S. The molecule has 240 valence electrons. The van der Waals surface area contributed by atoms with E-state index in [4.69, 9.17) is 24.3 Å². The molecule has 0 spiro atoms. The number of rotatable bonds is 11. The summed E-state index contributed by atoms with van der Waals surface area (Å²) in [6.07, 6.45) is 5.01. The topological polar surface area (TPSA) is 87.5 Å². The van der Waals surface area contributed by atoms with Crippen LogP contribution in [0.1, 0.15) is 74.2 Å². The Hall–Kier alpha value is -3.76. The molecule has 1 fully saturated rings. The van der Waals surface area contributed by atoms with E-state index in [1.54, 1.807) is 16.4 Å². The predicted octanol–water partition coefficient (Wildman–Crippen LogP) is 8.78. The maximum absolute atomic E-state index is 14.0. The molecule has 0 radical (unpaired) electrons. The van der Waals surface area contributed by atoms with Gasteiger partial charge in [-0.15, -0.1) is 5.10 Å². The number of nitrogens with one attached hydrogen (secondary N) is 1. The third-order valence-electron chi connectivity index (χ3n) is 8.37. The largest absolute Gasteiger partial charge is 0.490 e. The molecule has 8 nitrogen and oxygen atoms in total. The van der Waals surface area contributed by atoms with Crippen LogP contribution in [0.2, 0.25) is 0 Å². The van der Waals surface area contributed by atoms with Gasteiger partial charge in [0.15, 0.2) is 11.5 Å². The Morgan fingerprint density at radius 1 is 1.02 bits per heavy atom. The Bertz CT molecular complexity index is 1720. The maximum atomic E-state index is 14.0. The van der Waals surface area contributed by atoms with Gasteiger partial charge in [0.1, 0.15) is 18.8 Å². The normalized spacial score (nSPS) is 16.5. The van der Waals surface area contributed by atoms with Crippen molar-refractivity contribution in [1.29, 1.82) is 0 Å². The van der Waals surface area contributed by atoms with E-state index >= 15 is 0 Å². The number of hydrogen-bond donors (Lipinski definition) is 1. The van der Waals surface area contributed by atoms with E-state index in [1.807, 2.05) is 56.3 Å². The molecule has 4 aromatic rings. The highest BCUT2D eigenvalue weighted by atomic mass is 79.9. The number of hydrogen-bond acceptors (Lipinski definition) is 8. The minimum atomic E-state index is -0.591. The number of anilines is 1. The predicted molar refractivity (Wildman–Crippen MR) is 184 cm³/mol. The number of fused-ring (bicyclic) bond motifs is 1. The van der Waals surface area contributed by atoms with Gasteiger partial charge in [-0.1, -0.05) is 72.8 Å². The quantitative estimate of drug-likeness (QED) is 0.123. The van der Waals surface area contributed by atoms with Gasteiger partial charge < -0.3 is 19.5 Å². The lowest BCUT2D eigenvalue weighted by molar-refractivity contribution is -0.146. The molecule has 2 aliphatic rings. The molecule has 1 aliphatic heterocycles. The zero-order valence-electron chi connectivity index (χ0n) is 26.4. The van der Waals surface area contributed by atoms with Gasteiger partial charge in [0, 0.05) is 11.4 Å². The van der Waals surface area contributed by atoms with Gasteiger partial charge >= 0.3 is 5.97 Å². The Morgan fingerprint density at radius 2 is 1.78 bits per heavy atom. The van der Waals surface area contributed by atoms with Crippen LogP contribution in [0.5, 0.6) is 11.5 Å². The number of aromatic nitrogens is 3. The van der Waals surface area contributed by atoms with Gasteiger partial charge in [0.05, 0.1) is 16.7 Å². The number of halogens is 1. The van der Waals surface area contributed by atoms with Gasteiger partial charge in [-0.25, -0.2) is 9.48 Å². The van der Waals surface area contributed by atoms with Crippen molar-refractivity contribution in [2.45, 2.75) is 82.5 Å². The van der Waals surface area contributed by atoms with E-state index in [-0.39, 0.29) is 12.1 Å². The zero-order chi connectivity index (χ0) is 32.0. The number of benzene rings is 3. The molecule has 10 heteroatoms. The number of carbonyl (C=O) groups is 1. The van der Waals surface area contributed by atoms with Crippen molar-refractivity contribution >= 4 is 39.6 Å². The summed E-state index contributed by atoms with van der Waals surface area (Å²) in [6.45, 7) is 6.76. The van der Waals surface area contributed by atoms with Crippen LogP contribution in [0, 0.1) is 6.92 Å². The number of allylic oxidation sites excluding steroid dienone is 1. The first-order chi connectivity index (χ1) is 22.4. The molecule has 2 heterocycles. The lowest BCUT2D eigenvalue weighted by atomic mass is 9.94. The first kappa shape index (κ1) is 32.2. The summed E-state index contributed by atoms with van der Waals surface area (Å²) in [6, 6.07) is 21.7. The van der Waals surface area contributed by atoms with Gasteiger partial charge in [0.2, 0.25) is 11.1 Å². The SMILES string of the molecule is CCOc1cc(C2C(C(=O)OC3CCCCC3)=C(C)Nc3nc(SCc4ccccc4)nn32)cc(Br)c1OCc1ccccc1C. The molecule has 46 heavy (non-hydrogen) atoms. The van der Waals surface area contributed by atoms with Crippen LogP contribution < -0.4 is 14.8 Å². The fourth-order valence-corrected chi connectivity index (χ4v) is 7.31. The molecule has 1 aliphatic carbocycles. The minimum Gasteiger partial charge on any atom is -0.490 e. The molecule has 0 saturated heterocycles. The molecule has 0 bridgehead atoms. The van der Waals surface area contributed by atoms with Crippen molar-refractivity contribution in [3.8, 4) is 11.5 Å². The van der Waals surface area contributed by atoms with E-state index in [0.29, 0.717) is 47.1 Å². The number of aryl methyl sites for hydroxylation is 1. The third-order valence-corrected chi connectivity index (χ3v) is 9.87. The van der Waals surface area contributed by atoms with Gasteiger partial charge in [-0.3, -0.25) is 0 Å². The van der Waals surface area contributed by atoms with Crippen LogP contribution in [0.3, 0.4) is 0 Å². The third kappa shape index (κ3) is 7.28. The Balaban J connectivity index is 1.37. The number of esters is 1. The monoisotopic (exact) mass is 702 g/mol. The van der Waals surface area contributed by atoms with Gasteiger partial charge in [0.25, 0.3) is 0 Å². The highest BCUT2D eigenvalue weighted by Crippen LogP contribution is 2.44. The van der Waals surface area contributed by atoms with Crippen molar-refractivity contribution in [1.82, 2.24) is 14.8 Å².